The molecule has 0 aromatic heterocycles. The molecule has 0 aliphatic carbocycles. The highest BCUT2D eigenvalue weighted by molar-refractivity contribution is 7.89. The molecule has 0 radical (unpaired) electrons. The summed E-state index contributed by atoms with van der Waals surface area (Å²) >= 11 is 0. The van der Waals surface area contributed by atoms with Crippen LogP contribution in [0.1, 0.15) is 31.7 Å². The maximum absolute atomic E-state index is 13.1. The highest BCUT2D eigenvalue weighted by Gasteiger charge is 2.33. The third-order valence-corrected chi connectivity index (χ3v) is 7.76. The van der Waals surface area contributed by atoms with Crippen molar-refractivity contribution >= 4 is 21.6 Å². The number of benzene rings is 1. The van der Waals surface area contributed by atoms with E-state index in [0.717, 1.165) is 37.2 Å². The van der Waals surface area contributed by atoms with Gasteiger partial charge < -0.3 is 14.5 Å². The van der Waals surface area contributed by atoms with Crippen LogP contribution < -0.4 is 4.90 Å². The maximum atomic E-state index is 13.1. The molecule has 1 amide bonds. The summed E-state index contributed by atoms with van der Waals surface area (Å²) in [5.74, 6) is -0.0921. The quantitative estimate of drug-likeness (QED) is 0.670. The number of sulfonamides is 1. The second kappa shape index (κ2) is 9.91. The molecule has 1 unspecified atom stereocenters. The molecule has 0 bridgehead atoms. The first kappa shape index (κ1) is 22.1. The predicted molar refractivity (Wildman–Crippen MR) is 114 cm³/mol. The molecule has 0 spiro atoms. The molecule has 29 heavy (non-hydrogen) atoms. The number of carbonyl (C=O) groups is 1. The normalized spacial score (nSPS) is 21.2. The monoisotopic (exact) mass is 423 g/mol. The van der Waals surface area contributed by atoms with E-state index in [9.17, 15) is 13.2 Å². The summed E-state index contributed by atoms with van der Waals surface area (Å²) in [6.45, 7) is 6.34. The molecule has 1 aromatic carbocycles. The van der Waals surface area contributed by atoms with E-state index < -0.39 is 10.0 Å². The fraction of sp³-hybridized carbons (Fsp3) is 0.667. The van der Waals surface area contributed by atoms with Crippen LogP contribution in [0.25, 0.3) is 0 Å². The van der Waals surface area contributed by atoms with Gasteiger partial charge in [-0.25, -0.2) is 12.7 Å². The molecule has 2 fully saturated rings. The van der Waals surface area contributed by atoms with E-state index in [0.29, 0.717) is 39.3 Å². The first-order chi connectivity index (χ1) is 13.9. The van der Waals surface area contributed by atoms with Gasteiger partial charge in [0.1, 0.15) is 0 Å². The van der Waals surface area contributed by atoms with Crippen LogP contribution in [0.3, 0.4) is 0 Å². The fourth-order valence-corrected chi connectivity index (χ4v) is 5.77. The zero-order valence-corrected chi connectivity index (χ0v) is 18.4. The molecule has 0 saturated carbocycles. The van der Waals surface area contributed by atoms with Crippen molar-refractivity contribution in [2.45, 2.75) is 32.7 Å². The molecule has 2 saturated heterocycles. The van der Waals surface area contributed by atoms with Gasteiger partial charge >= 0.3 is 0 Å². The van der Waals surface area contributed by atoms with Gasteiger partial charge in [-0.15, -0.1) is 0 Å². The second-order valence-corrected chi connectivity index (χ2v) is 10.0. The van der Waals surface area contributed by atoms with Gasteiger partial charge in [0.15, 0.2) is 0 Å². The average molecular weight is 424 g/mol. The molecule has 7 nitrogen and oxygen atoms in total. The predicted octanol–water partition coefficient (Wildman–Crippen LogP) is 1.93. The number of anilines is 1. The number of hydrogen-bond acceptors (Lipinski definition) is 5. The van der Waals surface area contributed by atoms with Crippen LogP contribution in [0.5, 0.6) is 0 Å². The van der Waals surface area contributed by atoms with Gasteiger partial charge in [-0.05, 0) is 30.9 Å². The van der Waals surface area contributed by atoms with Crippen LogP contribution in [-0.4, -0.2) is 75.7 Å². The second-order valence-electron chi connectivity index (χ2n) is 7.94. The van der Waals surface area contributed by atoms with E-state index in [-0.39, 0.29) is 17.6 Å². The lowest BCUT2D eigenvalue weighted by Crippen LogP contribution is -2.46. The van der Waals surface area contributed by atoms with E-state index in [1.165, 1.54) is 4.31 Å². The van der Waals surface area contributed by atoms with E-state index in [2.05, 4.69) is 17.0 Å². The smallest absolute Gasteiger partial charge is 0.227 e. The van der Waals surface area contributed by atoms with Crippen LogP contribution in [0, 0.1) is 5.92 Å². The van der Waals surface area contributed by atoms with Crippen molar-refractivity contribution < 1.29 is 17.9 Å². The number of amides is 1. The van der Waals surface area contributed by atoms with Crippen molar-refractivity contribution in [1.29, 1.82) is 0 Å². The molecular formula is C21H33N3O4S. The Labute approximate surface area is 174 Å². The van der Waals surface area contributed by atoms with Crippen molar-refractivity contribution in [3.05, 3.63) is 29.8 Å². The standard InChI is InChI=1S/C21H33N3O4S/c1-3-15-29(26,27)24-10-6-8-19(17-24)21(25)22(2)16-18-7-4-5-9-20(18)23-11-13-28-14-12-23/h4-5,7,9,19H,3,6,8,10-17H2,1-2H3. The van der Waals surface area contributed by atoms with Crippen molar-refractivity contribution in [2.24, 2.45) is 5.92 Å². The minimum absolute atomic E-state index is 0.0261. The van der Waals surface area contributed by atoms with Gasteiger partial charge in [-0.3, -0.25) is 4.79 Å². The Morgan fingerprint density at radius 2 is 1.93 bits per heavy atom. The molecule has 1 atom stereocenters. The lowest BCUT2D eigenvalue weighted by molar-refractivity contribution is -0.135. The summed E-state index contributed by atoms with van der Waals surface area (Å²) in [7, 11) is -1.44. The van der Waals surface area contributed by atoms with Crippen molar-refractivity contribution in [3.8, 4) is 0 Å². The zero-order valence-electron chi connectivity index (χ0n) is 17.5. The number of piperidine rings is 1. The number of rotatable bonds is 7. The van der Waals surface area contributed by atoms with Gasteiger partial charge in [-0.1, -0.05) is 25.1 Å². The molecule has 162 valence electrons. The Bertz CT molecular complexity index is 793. The van der Waals surface area contributed by atoms with E-state index >= 15 is 0 Å². The van der Waals surface area contributed by atoms with Crippen LogP contribution in [-0.2, 0) is 26.1 Å². The van der Waals surface area contributed by atoms with Crippen molar-refractivity contribution in [3.63, 3.8) is 0 Å². The minimum atomic E-state index is -3.26. The number of hydrogen-bond donors (Lipinski definition) is 0. The average Bonchev–Trinajstić information content (AvgIpc) is 2.74. The summed E-state index contributed by atoms with van der Waals surface area (Å²) in [5, 5.41) is 0. The van der Waals surface area contributed by atoms with Crippen LogP contribution in [0.2, 0.25) is 0 Å². The third kappa shape index (κ3) is 5.49. The van der Waals surface area contributed by atoms with Crippen LogP contribution in [0.15, 0.2) is 24.3 Å². The van der Waals surface area contributed by atoms with Gasteiger partial charge in [0.05, 0.1) is 24.9 Å². The van der Waals surface area contributed by atoms with Gasteiger partial charge in [0, 0.05) is 45.5 Å². The Kier molecular flexibility index (Phi) is 7.54. The van der Waals surface area contributed by atoms with E-state index in [1.54, 1.807) is 4.90 Å². The Balaban J connectivity index is 1.66. The SMILES string of the molecule is CCCS(=O)(=O)N1CCCC(C(=O)N(C)Cc2ccccc2N2CCOCC2)C1. The summed E-state index contributed by atoms with van der Waals surface area (Å²) < 4.78 is 31.8. The van der Waals surface area contributed by atoms with Gasteiger partial charge in [0.2, 0.25) is 15.9 Å². The van der Waals surface area contributed by atoms with E-state index in [1.807, 2.05) is 26.1 Å². The number of carbonyl (C=O) groups excluding carboxylic acids is 1. The summed E-state index contributed by atoms with van der Waals surface area (Å²) in [6, 6.07) is 8.18. The number of para-hydroxylation sites is 1. The maximum Gasteiger partial charge on any atom is 0.227 e. The lowest BCUT2D eigenvalue weighted by Gasteiger charge is -2.34. The molecule has 2 aliphatic rings. The third-order valence-electron chi connectivity index (χ3n) is 5.72. The first-order valence-electron chi connectivity index (χ1n) is 10.6. The van der Waals surface area contributed by atoms with Crippen molar-refractivity contribution in [1.82, 2.24) is 9.21 Å². The number of ether oxygens (including phenoxy) is 1. The first-order valence-corrected chi connectivity index (χ1v) is 12.2. The largest absolute Gasteiger partial charge is 0.378 e. The van der Waals surface area contributed by atoms with Crippen LogP contribution in [0.4, 0.5) is 5.69 Å². The summed E-state index contributed by atoms with van der Waals surface area (Å²) in [4.78, 5) is 17.1. The highest BCUT2D eigenvalue weighted by Crippen LogP contribution is 2.25. The fourth-order valence-electron chi connectivity index (χ4n) is 4.19. The number of morpholine rings is 1. The molecule has 3 rings (SSSR count). The topological polar surface area (TPSA) is 70.2 Å². The van der Waals surface area contributed by atoms with Crippen molar-refractivity contribution in [2.75, 3.05) is 57.1 Å². The van der Waals surface area contributed by atoms with E-state index in [4.69, 9.17) is 4.74 Å². The van der Waals surface area contributed by atoms with Gasteiger partial charge in [0.25, 0.3) is 0 Å². The molecule has 2 aliphatic heterocycles. The molecule has 1 aromatic rings. The molecule has 0 N–H and O–H groups in total. The minimum Gasteiger partial charge on any atom is -0.378 e. The molecular weight excluding hydrogens is 390 g/mol. The summed E-state index contributed by atoms with van der Waals surface area (Å²) in [5.41, 5.74) is 2.25. The Hall–Kier alpha value is -1.64. The van der Waals surface area contributed by atoms with Gasteiger partial charge in [-0.2, -0.15) is 0 Å². The summed E-state index contributed by atoms with van der Waals surface area (Å²) in [6.07, 6.45) is 2.07. The Morgan fingerprint density at radius 1 is 1.21 bits per heavy atom. The Morgan fingerprint density at radius 3 is 2.66 bits per heavy atom. The molecule has 8 heteroatoms. The molecule has 2 heterocycles. The highest BCUT2D eigenvalue weighted by atomic mass is 32.2. The van der Waals surface area contributed by atoms with Crippen LogP contribution >= 0.6 is 0 Å². The lowest BCUT2D eigenvalue weighted by atomic mass is 9.98. The zero-order chi connectivity index (χ0) is 20.9. The number of nitrogens with zero attached hydrogens (tertiary/aromatic N) is 3.